The van der Waals surface area contributed by atoms with Gasteiger partial charge in [-0.05, 0) is 31.5 Å². The van der Waals surface area contributed by atoms with Gasteiger partial charge in [-0.15, -0.1) is 0 Å². The van der Waals surface area contributed by atoms with E-state index >= 15 is 0 Å². The minimum atomic E-state index is 0.461. The molecule has 4 nitrogen and oxygen atoms in total. The predicted molar refractivity (Wildman–Crippen MR) is 85.0 cm³/mol. The van der Waals surface area contributed by atoms with E-state index < -0.39 is 0 Å². The summed E-state index contributed by atoms with van der Waals surface area (Å²) in [4.78, 5) is 7.12. The number of aromatic nitrogens is 1. The third-order valence-corrected chi connectivity index (χ3v) is 5.03. The zero-order chi connectivity index (χ0) is 14.3. The largest absolute Gasteiger partial charge is 0.496 e. The maximum Gasteiger partial charge on any atom is 0.136 e. The molecule has 1 aromatic heterocycles. The van der Waals surface area contributed by atoms with E-state index in [2.05, 4.69) is 27.3 Å². The molecule has 2 aromatic rings. The molecule has 110 valence electrons. The van der Waals surface area contributed by atoms with Crippen LogP contribution in [0, 0.1) is 5.41 Å². The highest BCUT2D eigenvalue weighted by atomic mass is 16.5. The number of hydrogen-bond acceptors (Lipinski definition) is 4. The molecule has 2 saturated heterocycles. The first kappa shape index (κ1) is 12.9. The van der Waals surface area contributed by atoms with Crippen molar-refractivity contribution in [2.75, 3.05) is 38.2 Å². The summed E-state index contributed by atoms with van der Waals surface area (Å²) < 4.78 is 5.48. The topological polar surface area (TPSA) is 37.4 Å². The molecule has 1 atom stereocenters. The van der Waals surface area contributed by atoms with Crippen LogP contribution in [0.15, 0.2) is 30.5 Å². The maximum absolute atomic E-state index is 5.48. The second-order valence-corrected chi connectivity index (χ2v) is 6.29. The third-order valence-electron chi connectivity index (χ3n) is 5.03. The van der Waals surface area contributed by atoms with Crippen LogP contribution < -0.4 is 15.0 Å². The zero-order valence-corrected chi connectivity index (χ0v) is 12.4. The maximum atomic E-state index is 5.48. The van der Waals surface area contributed by atoms with Crippen LogP contribution in [0.25, 0.3) is 10.8 Å². The Morgan fingerprint density at radius 1 is 1.24 bits per heavy atom. The number of nitrogens with one attached hydrogen (secondary N) is 1. The Labute approximate surface area is 125 Å². The third kappa shape index (κ3) is 2.05. The summed E-state index contributed by atoms with van der Waals surface area (Å²) in [5.41, 5.74) is 0.461. The summed E-state index contributed by atoms with van der Waals surface area (Å²) in [6, 6.07) is 8.26. The number of ether oxygens (including phenoxy) is 1. The van der Waals surface area contributed by atoms with Gasteiger partial charge in [0, 0.05) is 42.0 Å². The molecule has 4 heteroatoms. The Hall–Kier alpha value is -1.81. The van der Waals surface area contributed by atoms with Gasteiger partial charge >= 0.3 is 0 Å². The molecule has 2 fully saturated rings. The number of anilines is 1. The summed E-state index contributed by atoms with van der Waals surface area (Å²) in [5.74, 6) is 2.03. The van der Waals surface area contributed by atoms with Crippen molar-refractivity contribution in [3.63, 3.8) is 0 Å². The van der Waals surface area contributed by atoms with Crippen molar-refractivity contribution in [2.24, 2.45) is 5.41 Å². The minimum absolute atomic E-state index is 0.461. The highest BCUT2D eigenvalue weighted by molar-refractivity contribution is 5.96. The van der Waals surface area contributed by atoms with Crippen LogP contribution in [0.1, 0.15) is 12.8 Å². The van der Waals surface area contributed by atoms with Crippen molar-refractivity contribution < 1.29 is 4.74 Å². The van der Waals surface area contributed by atoms with Crippen LogP contribution in [-0.4, -0.2) is 38.3 Å². The highest BCUT2D eigenvalue weighted by Gasteiger charge is 2.41. The molecule has 1 spiro atoms. The standard InChI is InChI=1S/C17H21N3O/c1-21-15-4-2-3-14-13(15)5-8-19-16(14)20-10-7-17(12-20)6-9-18-11-17/h2-5,8,18H,6-7,9-12H2,1H3. The summed E-state index contributed by atoms with van der Waals surface area (Å²) >= 11 is 0. The molecule has 0 amide bonds. The molecule has 0 radical (unpaired) electrons. The van der Waals surface area contributed by atoms with Gasteiger partial charge in [-0.25, -0.2) is 4.98 Å². The Morgan fingerprint density at radius 2 is 2.19 bits per heavy atom. The van der Waals surface area contributed by atoms with Crippen LogP contribution in [0.5, 0.6) is 5.75 Å². The second kappa shape index (κ2) is 4.88. The van der Waals surface area contributed by atoms with Gasteiger partial charge in [-0.2, -0.15) is 0 Å². The van der Waals surface area contributed by atoms with Gasteiger partial charge in [0.15, 0.2) is 0 Å². The molecule has 2 aliphatic rings. The van der Waals surface area contributed by atoms with Crippen LogP contribution in [0.4, 0.5) is 5.82 Å². The second-order valence-electron chi connectivity index (χ2n) is 6.29. The fourth-order valence-corrected chi connectivity index (χ4v) is 3.85. The average molecular weight is 283 g/mol. The SMILES string of the molecule is COc1cccc2c(N3CCC4(CCNC4)C3)nccc12. The van der Waals surface area contributed by atoms with E-state index in [9.17, 15) is 0 Å². The number of nitrogens with zero attached hydrogens (tertiary/aromatic N) is 2. The van der Waals surface area contributed by atoms with Crippen molar-refractivity contribution in [1.29, 1.82) is 0 Å². The van der Waals surface area contributed by atoms with Crippen molar-refractivity contribution in [1.82, 2.24) is 10.3 Å². The lowest BCUT2D eigenvalue weighted by Gasteiger charge is -2.24. The molecule has 1 N–H and O–H groups in total. The average Bonchev–Trinajstić information content (AvgIpc) is 3.16. The Bertz CT molecular complexity index is 664. The molecular weight excluding hydrogens is 262 g/mol. The Balaban J connectivity index is 1.74. The number of pyridine rings is 1. The van der Waals surface area contributed by atoms with Gasteiger partial charge < -0.3 is 15.0 Å². The van der Waals surface area contributed by atoms with E-state index in [1.807, 2.05) is 18.3 Å². The van der Waals surface area contributed by atoms with Gasteiger partial charge in [-0.3, -0.25) is 0 Å². The van der Waals surface area contributed by atoms with Crippen molar-refractivity contribution in [3.8, 4) is 5.75 Å². The van der Waals surface area contributed by atoms with Gasteiger partial charge in [-0.1, -0.05) is 12.1 Å². The number of benzene rings is 1. The van der Waals surface area contributed by atoms with Crippen LogP contribution in [0.2, 0.25) is 0 Å². The van der Waals surface area contributed by atoms with Crippen LogP contribution >= 0.6 is 0 Å². The molecule has 1 unspecified atom stereocenters. The van der Waals surface area contributed by atoms with Crippen LogP contribution in [0.3, 0.4) is 0 Å². The summed E-state index contributed by atoms with van der Waals surface area (Å²) in [6.07, 6.45) is 4.46. The number of fused-ring (bicyclic) bond motifs is 1. The van der Waals surface area contributed by atoms with E-state index in [4.69, 9.17) is 4.74 Å². The first-order valence-electron chi connectivity index (χ1n) is 7.69. The number of rotatable bonds is 2. The monoisotopic (exact) mass is 283 g/mol. The van der Waals surface area contributed by atoms with Gasteiger partial charge in [0.25, 0.3) is 0 Å². The van der Waals surface area contributed by atoms with Gasteiger partial charge in [0.2, 0.25) is 0 Å². The first-order chi connectivity index (χ1) is 10.3. The van der Waals surface area contributed by atoms with Crippen molar-refractivity contribution in [2.45, 2.75) is 12.8 Å². The smallest absolute Gasteiger partial charge is 0.136 e. The summed E-state index contributed by atoms with van der Waals surface area (Å²) in [6.45, 7) is 4.52. The summed E-state index contributed by atoms with van der Waals surface area (Å²) in [7, 11) is 1.73. The molecule has 3 heterocycles. The molecule has 0 saturated carbocycles. The first-order valence-corrected chi connectivity index (χ1v) is 7.69. The van der Waals surface area contributed by atoms with E-state index in [-0.39, 0.29) is 0 Å². The predicted octanol–water partition coefficient (Wildman–Crippen LogP) is 2.43. The van der Waals surface area contributed by atoms with E-state index in [1.165, 1.54) is 18.2 Å². The molecule has 21 heavy (non-hydrogen) atoms. The van der Waals surface area contributed by atoms with E-state index in [1.54, 1.807) is 7.11 Å². The lowest BCUT2D eigenvalue weighted by Crippen LogP contribution is -2.29. The number of methoxy groups -OCH3 is 1. The molecular formula is C17H21N3O. The van der Waals surface area contributed by atoms with Crippen molar-refractivity contribution >= 4 is 16.6 Å². The molecule has 1 aromatic carbocycles. The minimum Gasteiger partial charge on any atom is -0.496 e. The molecule has 0 bridgehead atoms. The van der Waals surface area contributed by atoms with Crippen LogP contribution in [-0.2, 0) is 0 Å². The van der Waals surface area contributed by atoms with E-state index in [0.29, 0.717) is 5.41 Å². The lowest BCUT2D eigenvalue weighted by atomic mass is 9.86. The number of hydrogen-bond donors (Lipinski definition) is 1. The van der Waals surface area contributed by atoms with Gasteiger partial charge in [0.1, 0.15) is 11.6 Å². The molecule has 2 aliphatic heterocycles. The highest BCUT2D eigenvalue weighted by Crippen LogP contribution is 2.40. The fraction of sp³-hybridized carbons (Fsp3) is 0.471. The van der Waals surface area contributed by atoms with Crippen molar-refractivity contribution in [3.05, 3.63) is 30.5 Å². The Kier molecular flexibility index (Phi) is 3.00. The fourth-order valence-electron chi connectivity index (χ4n) is 3.85. The Morgan fingerprint density at radius 3 is 3.00 bits per heavy atom. The lowest BCUT2D eigenvalue weighted by molar-refractivity contribution is 0.369. The normalized spacial score (nSPS) is 25.1. The molecule has 4 rings (SSSR count). The summed E-state index contributed by atoms with van der Waals surface area (Å²) in [5, 5.41) is 5.86. The van der Waals surface area contributed by atoms with E-state index in [0.717, 1.165) is 43.1 Å². The van der Waals surface area contributed by atoms with Gasteiger partial charge in [0.05, 0.1) is 7.11 Å². The zero-order valence-electron chi connectivity index (χ0n) is 12.4. The molecule has 0 aliphatic carbocycles. The quantitative estimate of drug-likeness (QED) is 0.918.